The second kappa shape index (κ2) is 16.9. The molecule has 0 saturated heterocycles. The Balaban J connectivity index is 2.87. The first-order chi connectivity index (χ1) is 21.9. The van der Waals surface area contributed by atoms with E-state index in [2.05, 4.69) is 57.9 Å². The molecule has 256 valence electrons. The zero-order valence-corrected chi connectivity index (χ0v) is 31.5. The Morgan fingerprint density at radius 1 is 1.06 bits per heavy atom. The summed E-state index contributed by atoms with van der Waals surface area (Å²) in [7, 11) is -1.34. The standard InChI is InChI=1S/C35H49FN4O5SSi/c1-13-24-16-28(30(36)29(17-24)45-47(21(2)3,22(4)5)23(6)7)31(32(46-12)40-34(42)43-11)39-27-15-14-25(19-37)26(18-27)20-38-33(41)44-35(8,9)10/h14-18,21-23H,13,20H2,1-12H3,(H,38,41)/b39-31?,40-32-. The number of aliphatic imine (C=N–C) groups is 2. The molecule has 0 fully saturated rings. The molecule has 2 aromatic rings. The fourth-order valence-corrected chi connectivity index (χ4v) is 11.5. The lowest BCUT2D eigenvalue weighted by molar-refractivity contribution is 0.0523. The van der Waals surface area contributed by atoms with Gasteiger partial charge in [-0.2, -0.15) is 10.3 Å². The molecule has 12 heteroatoms. The van der Waals surface area contributed by atoms with E-state index >= 15 is 4.39 Å². The van der Waals surface area contributed by atoms with Crippen molar-refractivity contribution >= 4 is 48.7 Å². The first kappa shape index (κ1) is 39.5. The molecule has 0 aliphatic rings. The van der Waals surface area contributed by atoms with E-state index in [1.165, 1.54) is 7.11 Å². The van der Waals surface area contributed by atoms with Crippen LogP contribution in [-0.4, -0.2) is 50.2 Å². The number of thioether (sulfide) groups is 1. The van der Waals surface area contributed by atoms with Gasteiger partial charge in [-0.05, 0) is 91.5 Å². The van der Waals surface area contributed by atoms with E-state index < -0.39 is 31.9 Å². The van der Waals surface area contributed by atoms with Gasteiger partial charge in [0.1, 0.15) is 22.1 Å². The Morgan fingerprint density at radius 2 is 1.68 bits per heavy atom. The topological polar surface area (TPSA) is 122 Å². The minimum Gasteiger partial charge on any atom is -0.541 e. The van der Waals surface area contributed by atoms with Crippen molar-refractivity contribution in [3.8, 4) is 11.8 Å². The van der Waals surface area contributed by atoms with Crippen molar-refractivity contribution in [1.82, 2.24) is 5.32 Å². The summed E-state index contributed by atoms with van der Waals surface area (Å²) in [5, 5.41) is 12.5. The minimum atomic E-state index is -2.55. The smallest absolute Gasteiger partial charge is 0.434 e. The molecule has 0 aromatic heterocycles. The Morgan fingerprint density at radius 3 is 2.17 bits per heavy atom. The number of hydrogen-bond donors (Lipinski definition) is 1. The molecule has 47 heavy (non-hydrogen) atoms. The number of carbonyl (C=O) groups is 2. The van der Waals surface area contributed by atoms with Crippen LogP contribution in [0.4, 0.5) is 19.7 Å². The molecule has 2 aromatic carbocycles. The molecule has 0 unspecified atom stereocenters. The Hall–Kier alpha value is -3.69. The van der Waals surface area contributed by atoms with Crippen LogP contribution in [0.25, 0.3) is 0 Å². The summed E-state index contributed by atoms with van der Waals surface area (Å²) in [6, 6.07) is 10.4. The Bertz CT molecular complexity index is 1520. The summed E-state index contributed by atoms with van der Waals surface area (Å²) >= 11 is 1.12. The zero-order chi connectivity index (χ0) is 35.7. The van der Waals surface area contributed by atoms with E-state index in [1.807, 2.05) is 6.92 Å². The van der Waals surface area contributed by atoms with Gasteiger partial charge in [-0.15, -0.1) is 11.8 Å². The highest BCUT2D eigenvalue weighted by atomic mass is 32.2. The van der Waals surface area contributed by atoms with E-state index in [1.54, 1.807) is 57.4 Å². The minimum absolute atomic E-state index is 0.00782. The third-order valence-electron chi connectivity index (χ3n) is 7.79. The first-order valence-electron chi connectivity index (χ1n) is 15.7. The molecule has 0 atom stereocenters. The third-order valence-corrected chi connectivity index (χ3v) is 14.5. The highest BCUT2D eigenvalue weighted by Crippen LogP contribution is 2.44. The normalized spacial score (nSPS) is 12.7. The maximum Gasteiger partial charge on any atom is 0.434 e. The number of nitrogens with zero attached hydrogens (tertiary/aromatic N) is 3. The molecule has 2 rings (SSSR count). The molecule has 0 aliphatic heterocycles. The number of methoxy groups -OCH3 is 1. The SMILES string of the molecule is CCc1cc(O[Si](C(C)C)(C(C)C)C(C)C)c(F)c(C(=Nc2ccc(C#N)c(CNC(=O)OC(C)(C)C)c2)/C(=N/C(=O)OC)SC)c1. The van der Waals surface area contributed by atoms with Crippen LogP contribution < -0.4 is 9.74 Å². The molecule has 2 amide bonds. The molecule has 9 nitrogen and oxygen atoms in total. The summed E-state index contributed by atoms with van der Waals surface area (Å²) < 4.78 is 33.8. The van der Waals surface area contributed by atoms with Crippen molar-refractivity contribution in [2.24, 2.45) is 9.98 Å². The number of ether oxygens (including phenoxy) is 2. The van der Waals surface area contributed by atoms with Crippen molar-refractivity contribution in [3.05, 3.63) is 58.4 Å². The molecule has 0 aliphatic carbocycles. The van der Waals surface area contributed by atoms with Crippen LogP contribution in [0.3, 0.4) is 0 Å². The predicted octanol–water partition coefficient (Wildman–Crippen LogP) is 9.49. The number of nitrogens with one attached hydrogen (secondary N) is 1. The van der Waals surface area contributed by atoms with E-state index in [9.17, 15) is 14.9 Å². The lowest BCUT2D eigenvalue weighted by Crippen LogP contribution is -2.51. The largest absolute Gasteiger partial charge is 0.541 e. The van der Waals surface area contributed by atoms with Crippen LogP contribution in [-0.2, 0) is 22.4 Å². The van der Waals surface area contributed by atoms with Crippen molar-refractivity contribution in [2.45, 2.75) is 104 Å². The van der Waals surface area contributed by atoms with Crippen molar-refractivity contribution in [2.75, 3.05) is 13.4 Å². The number of benzene rings is 2. The quantitative estimate of drug-likeness (QED) is 0.142. The first-order valence-corrected chi connectivity index (χ1v) is 19.1. The van der Waals surface area contributed by atoms with Gasteiger partial charge in [-0.3, -0.25) is 0 Å². The summed E-state index contributed by atoms with van der Waals surface area (Å²) in [6.45, 7) is 20.0. The summed E-state index contributed by atoms with van der Waals surface area (Å²) in [5.74, 6) is -0.456. The lowest BCUT2D eigenvalue weighted by atomic mass is 10.0. The monoisotopic (exact) mass is 684 g/mol. The molecule has 0 heterocycles. The maximum absolute atomic E-state index is 16.9. The Labute approximate surface area is 284 Å². The van der Waals surface area contributed by atoms with Gasteiger partial charge in [0, 0.05) is 12.1 Å². The highest BCUT2D eigenvalue weighted by Gasteiger charge is 2.47. The van der Waals surface area contributed by atoms with Gasteiger partial charge in [0.15, 0.2) is 5.82 Å². The van der Waals surface area contributed by atoms with Gasteiger partial charge >= 0.3 is 12.2 Å². The average molecular weight is 685 g/mol. The number of carbonyl (C=O) groups excluding carboxylic acids is 2. The van der Waals surface area contributed by atoms with Crippen molar-refractivity contribution < 1.29 is 27.9 Å². The van der Waals surface area contributed by atoms with Gasteiger partial charge in [0.05, 0.1) is 24.4 Å². The second-order valence-corrected chi connectivity index (χ2v) is 19.3. The van der Waals surface area contributed by atoms with E-state index in [0.717, 1.165) is 17.3 Å². The third kappa shape index (κ3) is 10.1. The summed E-state index contributed by atoms with van der Waals surface area (Å²) in [5.41, 5.74) is 2.11. The summed E-state index contributed by atoms with van der Waals surface area (Å²) in [6.07, 6.45) is 0.801. The molecule has 0 spiro atoms. The van der Waals surface area contributed by atoms with Crippen LogP contribution >= 0.6 is 11.8 Å². The number of nitriles is 1. The average Bonchev–Trinajstić information content (AvgIpc) is 2.99. The molecule has 0 radical (unpaired) electrons. The molecule has 0 saturated carbocycles. The molecule has 1 N–H and O–H groups in total. The van der Waals surface area contributed by atoms with Gasteiger partial charge in [0.2, 0.25) is 0 Å². The molecular weight excluding hydrogens is 636 g/mol. The number of amides is 2. The number of alkyl carbamates (subject to hydrolysis) is 1. The summed E-state index contributed by atoms with van der Waals surface area (Å²) in [4.78, 5) is 33.6. The van der Waals surface area contributed by atoms with Gasteiger partial charge in [-0.1, -0.05) is 48.5 Å². The van der Waals surface area contributed by atoms with Crippen LogP contribution in [0.15, 0.2) is 40.3 Å². The van der Waals surface area contributed by atoms with Crippen molar-refractivity contribution in [3.63, 3.8) is 0 Å². The van der Waals surface area contributed by atoms with Gasteiger partial charge in [0.25, 0.3) is 8.32 Å². The number of aryl methyl sites for hydroxylation is 1. The van der Waals surface area contributed by atoms with Crippen LogP contribution in [0.5, 0.6) is 5.75 Å². The lowest BCUT2D eigenvalue weighted by Gasteiger charge is -2.42. The molecular formula is C35H49FN4O5SSi. The van der Waals surface area contributed by atoms with E-state index in [-0.39, 0.29) is 45.2 Å². The number of halogens is 1. The molecule has 0 bridgehead atoms. The van der Waals surface area contributed by atoms with E-state index in [0.29, 0.717) is 23.2 Å². The predicted molar refractivity (Wildman–Crippen MR) is 191 cm³/mol. The highest BCUT2D eigenvalue weighted by molar-refractivity contribution is 8.15. The van der Waals surface area contributed by atoms with Crippen LogP contribution in [0.2, 0.25) is 16.6 Å². The maximum atomic E-state index is 16.9. The van der Waals surface area contributed by atoms with Gasteiger partial charge < -0.3 is 19.2 Å². The fourth-order valence-electron chi connectivity index (χ4n) is 5.71. The van der Waals surface area contributed by atoms with Gasteiger partial charge in [-0.25, -0.2) is 19.0 Å². The van der Waals surface area contributed by atoms with Crippen molar-refractivity contribution in [1.29, 1.82) is 5.26 Å². The second-order valence-electron chi connectivity index (χ2n) is 13.1. The fraction of sp³-hybridized carbons (Fsp3) is 0.514. The Kier molecular flexibility index (Phi) is 14.2. The van der Waals surface area contributed by atoms with Crippen LogP contribution in [0, 0.1) is 17.1 Å². The van der Waals surface area contributed by atoms with E-state index in [4.69, 9.17) is 18.9 Å². The van der Waals surface area contributed by atoms with Crippen LogP contribution in [0.1, 0.15) is 91.5 Å². The zero-order valence-electron chi connectivity index (χ0n) is 29.7. The number of hydrogen-bond acceptors (Lipinski definition) is 8. The number of rotatable bonds is 11.